The van der Waals surface area contributed by atoms with E-state index >= 15 is 0 Å². The molecular weight excluding hydrogens is 268 g/mol. The number of aromatic nitrogens is 1. The molecule has 0 N–H and O–H groups in total. The van der Waals surface area contributed by atoms with Crippen molar-refractivity contribution >= 4 is 5.78 Å². The first-order valence-electron chi connectivity index (χ1n) is 6.27. The molecule has 106 valence electrons. The second-order valence-electron chi connectivity index (χ2n) is 4.25. The topological polar surface area (TPSA) is 72.2 Å². The number of pyridine rings is 1. The molecule has 0 spiro atoms. The van der Waals surface area contributed by atoms with E-state index in [9.17, 15) is 10.1 Å². The van der Waals surface area contributed by atoms with Crippen molar-refractivity contribution in [2.24, 2.45) is 0 Å². The van der Waals surface area contributed by atoms with Gasteiger partial charge < -0.3 is 9.47 Å². The van der Waals surface area contributed by atoms with Crippen molar-refractivity contribution in [1.82, 2.24) is 4.98 Å². The van der Waals surface area contributed by atoms with E-state index in [0.29, 0.717) is 22.6 Å². The first-order valence-corrected chi connectivity index (χ1v) is 6.27. The number of Topliss-reactive ketones (excluding diaryl/α,β-unsaturated/α-hetero) is 1. The van der Waals surface area contributed by atoms with Crippen molar-refractivity contribution < 1.29 is 14.3 Å². The van der Waals surface area contributed by atoms with Crippen molar-refractivity contribution in [2.45, 2.75) is 5.92 Å². The van der Waals surface area contributed by atoms with E-state index in [1.54, 1.807) is 42.7 Å². The molecule has 2 rings (SSSR count). The Labute approximate surface area is 122 Å². The van der Waals surface area contributed by atoms with Gasteiger partial charge in [-0.1, -0.05) is 6.07 Å². The van der Waals surface area contributed by atoms with Gasteiger partial charge in [0.05, 0.1) is 25.9 Å². The van der Waals surface area contributed by atoms with Crippen LogP contribution in [0.25, 0.3) is 0 Å². The standard InChI is InChI=1S/C16H14N2O3/c1-20-14-5-3-4-12(16(14)21-2)15(19)13(10-17)11-6-8-18-9-7-11/h3-9,13H,1-2H3. The average molecular weight is 282 g/mol. The SMILES string of the molecule is COc1cccc(C(=O)C(C#N)c2ccncc2)c1OC. The van der Waals surface area contributed by atoms with Crippen LogP contribution in [0.2, 0.25) is 0 Å². The number of nitriles is 1. The predicted octanol–water partition coefficient (Wildman–Crippen LogP) is 2.59. The molecule has 5 heteroatoms. The summed E-state index contributed by atoms with van der Waals surface area (Å²) in [7, 11) is 2.96. The number of hydrogen-bond donors (Lipinski definition) is 0. The zero-order valence-electron chi connectivity index (χ0n) is 11.7. The van der Waals surface area contributed by atoms with E-state index in [-0.39, 0.29) is 5.78 Å². The van der Waals surface area contributed by atoms with Crippen LogP contribution in [0.3, 0.4) is 0 Å². The molecule has 0 fully saturated rings. The van der Waals surface area contributed by atoms with Crippen LogP contribution in [0.4, 0.5) is 0 Å². The van der Waals surface area contributed by atoms with Gasteiger partial charge in [-0.3, -0.25) is 9.78 Å². The van der Waals surface area contributed by atoms with Crippen LogP contribution < -0.4 is 9.47 Å². The highest BCUT2D eigenvalue weighted by molar-refractivity contribution is 6.05. The summed E-state index contributed by atoms with van der Waals surface area (Å²) in [4.78, 5) is 16.5. The summed E-state index contributed by atoms with van der Waals surface area (Å²) in [6.07, 6.45) is 3.10. The van der Waals surface area contributed by atoms with Crippen LogP contribution in [0.15, 0.2) is 42.7 Å². The van der Waals surface area contributed by atoms with Crippen molar-refractivity contribution in [2.75, 3.05) is 14.2 Å². The van der Waals surface area contributed by atoms with Gasteiger partial charge in [-0.2, -0.15) is 5.26 Å². The Morgan fingerprint density at radius 1 is 1.19 bits per heavy atom. The summed E-state index contributed by atoms with van der Waals surface area (Å²) in [5.41, 5.74) is 0.919. The molecule has 2 aromatic rings. The largest absolute Gasteiger partial charge is 0.493 e. The van der Waals surface area contributed by atoms with Gasteiger partial charge in [-0.15, -0.1) is 0 Å². The number of para-hydroxylation sites is 1. The summed E-state index contributed by atoms with van der Waals surface area (Å²) in [6, 6.07) is 10.3. The third-order valence-electron chi connectivity index (χ3n) is 3.10. The van der Waals surface area contributed by atoms with Gasteiger partial charge in [-0.25, -0.2) is 0 Å². The molecule has 0 amide bonds. The third-order valence-corrected chi connectivity index (χ3v) is 3.10. The van der Waals surface area contributed by atoms with Gasteiger partial charge in [0, 0.05) is 12.4 Å². The molecule has 1 heterocycles. The number of hydrogen-bond acceptors (Lipinski definition) is 5. The van der Waals surface area contributed by atoms with E-state index in [2.05, 4.69) is 4.98 Å². The lowest BCUT2D eigenvalue weighted by molar-refractivity contribution is 0.0975. The van der Waals surface area contributed by atoms with Crippen LogP contribution in [-0.2, 0) is 0 Å². The van der Waals surface area contributed by atoms with E-state index in [0.717, 1.165) is 0 Å². The predicted molar refractivity (Wildman–Crippen MR) is 76.5 cm³/mol. The highest BCUT2D eigenvalue weighted by Crippen LogP contribution is 2.33. The smallest absolute Gasteiger partial charge is 0.188 e. The minimum atomic E-state index is -0.908. The van der Waals surface area contributed by atoms with E-state index in [4.69, 9.17) is 9.47 Å². The molecule has 0 aliphatic heterocycles. The molecule has 1 aromatic carbocycles. The van der Waals surface area contributed by atoms with Crippen molar-refractivity contribution in [3.05, 3.63) is 53.9 Å². The molecule has 0 saturated heterocycles. The van der Waals surface area contributed by atoms with Crippen LogP contribution >= 0.6 is 0 Å². The van der Waals surface area contributed by atoms with Gasteiger partial charge in [0.1, 0.15) is 5.92 Å². The number of methoxy groups -OCH3 is 2. The highest BCUT2D eigenvalue weighted by Gasteiger charge is 2.26. The maximum atomic E-state index is 12.6. The molecule has 0 bridgehead atoms. The Morgan fingerprint density at radius 3 is 2.48 bits per heavy atom. The second-order valence-corrected chi connectivity index (χ2v) is 4.25. The van der Waals surface area contributed by atoms with Gasteiger partial charge in [-0.05, 0) is 29.8 Å². The Morgan fingerprint density at radius 2 is 1.90 bits per heavy atom. The van der Waals surface area contributed by atoms with E-state index in [1.165, 1.54) is 14.2 Å². The molecular formula is C16H14N2O3. The maximum Gasteiger partial charge on any atom is 0.188 e. The molecule has 1 unspecified atom stereocenters. The van der Waals surface area contributed by atoms with Gasteiger partial charge in [0.25, 0.3) is 0 Å². The summed E-state index contributed by atoms with van der Waals surface area (Å²) in [5, 5.41) is 9.34. The Balaban J connectivity index is 2.47. The van der Waals surface area contributed by atoms with E-state index < -0.39 is 5.92 Å². The molecule has 1 atom stereocenters. The number of carbonyl (C=O) groups is 1. The zero-order valence-corrected chi connectivity index (χ0v) is 11.7. The lowest BCUT2D eigenvalue weighted by Gasteiger charge is -2.14. The molecule has 21 heavy (non-hydrogen) atoms. The monoisotopic (exact) mass is 282 g/mol. The lowest BCUT2D eigenvalue weighted by Crippen LogP contribution is -2.13. The second kappa shape index (κ2) is 6.53. The minimum absolute atomic E-state index is 0.320. The maximum absolute atomic E-state index is 12.6. The molecule has 0 aliphatic carbocycles. The summed E-state index contributed by atoms with van der Waals surface area (Å²) in [5.74, 6) is -0.456. The molecule has 1 aromatic heterocycles. The minimum Gasteiger partial charge on any atom is -0.493 e. The molecule has 0 radical (unpaired) electrons. The van der Waals surface area contributed by atoms with Gasteiger partial charge in [0.15, 0.2) is 17.3 Å². The van der Waals surface area contributed by atoms with Crippen LogP contribution in [0.1, 0.15) is 21.8 Å². The fourth-order valence-electron chi connectivity index (χ4n) is 2.08. The van der Waals surface area contributed by atoms with E-state index in [1.807, 2.05) is 6.07 Å². The normalized spacial score (nSPS) is 11.3. The fraction of sp³-hybridized carbons (Fsp3) is 0.188. The third kappa shape index (κ3) is 2.84. The van der Waals surface area contributed by atoms with Crippen LogP contribution in [0, 0.1) is 11.3 Å². The first kappa shape index (κ1) is 14.5. The number of carbonyl (C=O) groups excluding carboxylic acids is 1. The van der Waals surface area contributed by atoms with Crippen molar-refractivity contribution in [3.8, 4) is 17.6 Å². The Hall–Kier alpha value is -2.87. The number of nitrogens with zero attached hydrogens (tertiary/aromatic N) is 2. The summed E-state index contributed by atoms with van der Waals surface area (Å²) < 4.78 is 10.4. The van der Waals surface area contributed by atoms with Gasteiger partial charge >= 0.3 is 0 Å². The number of ether oxygens (including phenoxy) is 2. The Bertz CT molecular complexity index is 678. The fourth-order valence-corrected chi connectivity index (χ4v) is 2.08. The number of ketones is 1. The zero-order chi connectivity index (χ0) is 15.2. The van der Waals surface area contributed by atoms with Crippen molar-refractivity contribution in [1.29, 1.82) is 5.26 Å². The van der Waals surface area contributed by atoms with Gasteiger partial charge in [0.2, 0.25) is 0 Å². The average Bonchev–Trinajstić information content (AvgIpc) is 2.55. The number of rotatable bonds is 5. The summed E-state index contributed by atoms with van der Waals surface area (Å²) >= 11 is 0. The molecule has 0 saturated carbocycles. The van der Waals surface area contributed by atoms with Crippen LogP contribution in [0.5, 0.6) is 11.5 Å². The highest BCUT2D eigenvalue weighted by atomic mass is 16.5. The quantitative estimate of drug-likeness (QED) is 0.788. The molecule has 0 aliphatic rings. The lowest BCUT2D eigenvalue weighted by atomic mass is 9.92. The number of benzene rings is 1. The Kier molecular flexibility index (Phi) is 4.52. The van der Waals surface area contributed by atoms with Crippen molar-refractivity contribution in [3.63, 3.8) is 0 Å². The first-order chi connectivity index (χ1) is 10.2. The summed E-state index contributed by atoms with van der Waals surface area (Å²) in [6.45, 7) is 0. The van der Waals surface area contributed by atoms with Crippen LogP contribution in [-0.4, -0.2) is 25.0 Å². The molecule has 5 nitrogen and oxygen atoms in total.